The third-order valence-corrected chi connectivity index (χ3v) is 9.60. The summed E-state index contributed by atoms with van der Waals surface area (Å²) in [5.41, 5.74) is 1.66. The molecule has 0 bridgehead atoms. The Morgan fingerprint density at radius 1 is 0.977 bits per heavy atom. The number of hydrogen-bond acceptors (Lipinski definition) is 7. The lowest BCUT2D eigenvalue weighted by Crippen LogP contribution is -2.32. The molecule has 0 radical (unpaired) electrons. The third-order valence-electron chi connectivity index (χ3n) is 7.52. The fraction of sp³-hybridized carbons (Fsp3) is 0.281. The fourth-order valence-corrected chi connectivity index (χ4v) is 7.00. The molecular weight excluding hydrogens is 610 g/mol. The van der Waals surface area contributed by atoms with Gasteiger partial charge in [-0.05, 0) is 67.9 Å². The molecule has 4 aromatic rings. The maximum atomic E-state index is 15.9. The van der Waals surface area contributed by atoms with Crippen molar-refractivity contribution < 1.29 is 26.7 Å². The maximum absolute atomic E-state index is 15.9. The minimum absolute atomic E-state index is 0.0153. The number of likely N-dealkylation sites (tertiary alicyclic amines) is 1. The van der Waals surface area contributed by atoms with E-state index in [0.29, 0.717) is 23.6 Å². The first-order valence-electron chi connectivity index (χ1n) is 14.1. The van der Waals surface area contributed by atoms with E-state index in [1.54, 1.807) is 18.2 Å². The molecule has 1 saturated heterocycles. The smallest absolute Gasteiger partial charge is 0.268 e. The van der Waals surface area contributed by atoms with E-state index in [1.165, 1.54) is 26.4 Å². The van der Waals surface area contributed by atoms with Crippen LogP contribution in [0.1, 0.15) is 30.0 Å². The summed E-state index contributed by atoms with van der Waals surface area (Å²) >= 11 is 6.64. The molecule has 1 atom stereocenters. The lowest BCUT2D eigenvalue weighted by Gasteiger charge is -2.27. The molecule has 2 heterocycles. The van der Waals surface area contributed by atoms with Gasteiger partial charge >= 0.3 is 0 Å². The Morgan fingerprint density at radius 3 is 2.41 bits per heavy atom. The van der Waals surface area contributed by atoms with Crippen LogP contribution in [0.25, 0.3) is 0 Å². The summed E-state index contributed by atoms with van der Waals surface area (Å²) in [5, 5.41) is 3.35. The second-order valence-electron chi connectivity index (χ2n) is 10.4. The van der Waals surface area contributed by atoms with Crippen LogP contribution in [0.2, 0.25) is 5.02 Å². The van der Waals surface area contributed by atoms with Gasteiger partial charge in [-0.15, -0.1) is 0 Å². The van der Waals surface area contributed by atoms with Gasteiger partial charge in [0.15, 0.2) is 0 Å². The number of nitrogens with zero attached hydrogens (tertiary/aromatic N) is 3. The number of ether oxygens (including phenoxy) is 2. The van der Waals surface area contributed by atoms with Gasteiger partial charge in [-0.25, -0.2) is 22.1 Å². The van der Waals surface area contributed by atoms with Crippen LogP contribution in [0.15, 0.2) is 83.8 Å². The van der Waals surface area contributed by atoms with E-state index in [0.717, 1.165) is 54.0 Å². The van der Waals surface area contributed by atoms with E-state index in [2.05, 4.69) is 15.2 Å². The number of rotatable bonds is 12. The van der Waals surface area contributed by atoms with Crippen LogP contribution in [0.4, 0.5) is 20.3 Å². The summed E-state index contributed by atoms with van der Waals surface area (Å²) in [4.78, 5) is 5.43. The highest BCUT2D eigenvalue weighted by Crippen LogP contribution is 2.35. The van der Waals surface area contributed by atoms with Gasteiger partial charge in [-0.3, -0.25) is 0 Å². The number of pyridine rings is 1. The summed E-state index contributed by atoms with van der Waals surface area (Å²) in [6, 6.07) is 20.2. The van der Waals surface area contributed by atoms with Crippen LogP contribution >= 0.6 is 11.6 Å². The van der Waals surface area contributed by atoms with Gasteiger partial charge in [0.05, 0.1) is 37.5 Å². The predicted octanol–water partition coefficient (Wildman–Crippen LogP) is 6.67. The van der Waals surface area contributed by atoms with Crippen molar-refractivity contribution in [2.24, 2.45) is 0 Å². The summed E-state index contributed by atoms with van der Waals surface area (Å²) in [7, 11) is -1.74. The van der Waals surface area contributed by atoms with Crippen molar-refractivity contribution >= 4 is 33.1 Å². The quantitative estimate of drug-likeness (QED) is 0.173. The normalized spacial score (nSPS) is 14.3. The lowest BCUT2D eigenvalue weighted by molar-refractivity contribution is 0.323. The van der Waals surface area contributed by atoms with E-state index < -0.39 is 26.7 Å². The molecule has 8 nitrogen and oxygen atoms in total. The van der Waals surface area contributed by atoms with Crippen molar-refractivity contribution in [2.45, 2.75) is 30.3 Å². The molecule has 1 fully saturated rings. The van der Waals surface area contributed by atoms with Crippen LogP contribution in [0, 0.1) is 11.8 Å². The maximum Gasteiger partial charge on any atom is 0.268 e. The van der Waals surface area contributed by atoms with Gasteiger partial charge in [-0.1, -0.05) is 48.0 Å². The van der Waals surface area contributed by atoms with Gasteiger partial charge in [0.25, 0.3) is 10.0 Å². The predicted molar refractivity (Wildman–Crippen MR) is 167 cm³/mol. The fourth-order valence-electron chi connectivity index (χ4n) is 5.25. The topological polar surface area (TPSA) is 84.0 Å². The highest BCUT2D eigenvalue weighted by molar-refractivity contribution is 7.92. The SMILES string of the molecule is COc1ccc(CN(c2cccc(F)n2)S(=O)(=O)c2cc(Cl)c(N[C@H](CN3CCCC3)c3ccccc3)cc2F)c(OC)c1. The highest BCUT2D eigenvalue weighted by Gasteiger charge is 2.32. The number of anilines is 2. The van der Waals surface area contributed by atoms with Crippen LogP contribution < -0.4 is 19.1 Å². The third kappa shape index (κ3) is 7.06. The number of nitrogens with one attached hydrogen (secondary N) is 1. The van der Waals surface area contributed by atoms with Gasteiger partial charge in [0.1, 0.15) is 28.0 Å². The van der Waals surface area contributed by atoms with Crippen molar-refractivity contribution in [3.05, 3.63) is 107 Å². The minimum Gasteiger partial charge on any atom is -0.497 e. The standard InChI is InChI=1S/C32H33ClF2N4O4S/c1-42-24-14-13-23(29(17-24)43-2)20-39(32-12-8-11-31(35)37-32)44(40,41)30-18-25(33)27(19-26(30)34)36-28(21-38-15-6-7-16-38)22-9-4-3-5-10-22/h3-5,8-14,17-19,28,36H,6-7,15-16,20-21H2,1-2H3/t28-/m1/s1. The lowest BCUT2D eigenvalue weighted by atomic mass is 10.1. The molecule has 0 spiro atoms. The minimum atomic E-state index is -4.66. The second kappa shape index (κ2) is 13.8. The van der Waals surface area contributed by atoms with Gasteiger partial charge in [-0.2, -0.15) is 4.39 Å². The molecule has 1 aliphatic heterocycles. The van der Waals surface area contributed by atoms with Crippen LogP contribution in [-0.2, 0) is 16.6 Å². The van der Waals surface area contributed by atoms with E-state index in [1.807, 2.05) is 30.3 Å². The largest absolute Gasteiger partial charge is 0.497 e. The molecule has 5 rings (SSSR count). The summed E-state index contributed by atoms with van der Waals surface area (Å²) < 4.78 is 69.8. The number of halogens is 3. The van der Waals surface area contributed by atoms with Crippen molar-refractivity contribution in [1.82, 2.24) is 9.88 Å². The molecule has 1 N–H and O–H groups in total. The zero-order chi connectivity index (χ0) is 31.3. The molecule has 0 amide bonds. The number of sulfonamides is 1. The Labute approximate surface area is 261 Å². The van der Waals surface area contributed by atoms with Gasteiger partial charge in [0, 0.05) is 18.2 Å². The van der Waals surface area contributed by atoms with E-state index in [9.17, 15) is 12.8 Å². The first-order valence-corrected chi connectivity index (χ1v) is 15.9. The Kier molecular flexibility index (Phi) is 9.87. The Hall–Kier alpha value is -3.93. The molecule has 1 aromatic heterocycles. The summed E-state index contributed by atoms with van der Waals surface area (Å²) in [6.07, 6.45) is 2.23. The number of aromatic nitrogens is 1. The first kappa shape index (κ1) is 31.5. The van der Waals surface area contributed by atoms with Crippen molar-refractivity contribution in [3.8, 4) is 11.5 Å². The zero-order valence-corrected chi connectivity index (χ0v) is 25.9. The molecule has 0 aliphatic carbocycles. The Bertz CT molecular complexity index is 1710. The first-order chi connectivity index (χ1) is 21.2. The van der Waals surface area contributed by atoms with E-state index >= 15 is 4.39 Å². The number of hydrogen-bond donors (Lipinski definition) is 1. The monoisotopic (exact) mass is 642 g/mol. The van der Waals surface area contributed by atoms with E-state index in [4.69, 9.17) is 21.1 Å². The van der Waals surface area contributed by atoms with Crippen molar-refractivity contribution in [3.63, 3.8) is 0 Å². The molecule has 3 aromatic carbocycles. The number of methoxy groups -OCH3 is 2. The second-order valence-corrected chi connectivity index (χ2v) is 12.6. The summed E-state index contributed by atoms with van der Waals surface area (Å²) in [5.74, 6) is -1.34. The van der Waals surface area contributed by atoms with Crippen molar-refractivity contribution in [2.75, 3.05) is 43.5 Å². The molecule has 232 valence electrons. The average molecular weight is 643 g/mol. The van der Waals surface area contributed by atoms with Crippen LogP contribution in [-0.4, -0.2) is 52.2 Å². The molecular formula is C32H33ClF2N4O4S. The molecule has 12 heteroatoms. The number of benzene rings is 3. The molecule has 0 unspecified atom stereocenters. The zero-order valence-electron chi connectivity index (χ0n) is 24.3. The van der Waals surface area contributed by atoms with Crippen LogP contribution in [0.5, 0.6) is 11.5 Å². The average Bonchev–Trinajstić information content (AvgIpc) is 3.54. The van der Waals surface area contributed by atoms with E-state index in [-0.39, 0.29) is 29.1 Å². The molecule has 0 saturated carbocycles. The van der Waals surface area contributed by atoms with Gasteiger partial charge in [0.2, 0.25) is 5.95 Å². The van der Waals surface area contributed by atoms with Gasteiger partial charge < -0.3 is 19.7 Å². The van der Waals surface area contributed by atoms with Crippen molar-refractivity contribution in [1.29, 1.82) is 0 Å². The Morgan fingerprint density at radius 2 is 1.73 bits per heavy atom. The Balaban J connectivity index is 1.51. The molecule has 44 heavy (non-hydrogen) atoms. The molecule has 1 aliphatic rings. The highest BCUT2D eigenvalue weighted by atomic mass is 35.5. The van der Waals surface area contributed by atoms with Crippen LogP contribution in [0.3, 0.4) is 0 Å². The summed E-state index contributed by atoms with van der Waals surface area (Å²) in [6.45, 7) is 2.26.